The van der Waals surface area contributed by atoms with Crippen LogP contribution in [0.2, 0.25) is 0 Å². The van der Waals surface area contributed by atoms with Crippen molar-refractivity contribution in [2.45, 2.75) is 25.6 Å². The highest BCUT2D eigenvalue weighted by Gasteiger charge is 2.37. The molecule has 1 fully saturated rings. The molecule has 1 atom stereocenters. The third-order valence-corrected chi connectivity index (χ3v) is 7.81. The molecule has 4 aromatic rings. The number of hydrogen-bond donors (Lipinski definition) is 3. The largest absolute Gasteiger partial charge is 0.395 e. The van der Waals surface area contributed by atoms with Crippen LogP contribution in [0.3, 0.4) is 0 Å². The number of aliphatic hydroxyl groups is 1. The van der Waals surface area contributed by atoms with Gasteiger partial charge in [-0.15, -0.1) is 0 Å². The van der Waals surface area contributed by atoms with Crippen LogP contribution in [-0.2, 0) is 18.4 Å². The van der Waals surface area contributed by atoms with Crippen LogP contribution in [0.4, 0.5) is 30.4 Å². The standard InChI is InChI=1S/C33H32F3N5O5/c1-20(33(34,35)36)21-6-8-22(9-7-21)30(43)39-27-5-3-4-25(26(27)19-42)24-16-28(32(45)40(2)18-24)38-29-11-10-23(17-37-29)31(44)41-12-14-46-15-13-41/h3-11,16-18,20,42H,12-15,19H2,1-2H3,(H,37,38)(H,39,43). The Kier molecular flexibility index (Phi) is 9.54. The molecule has 0 spiro atoms. The van der Waals surface area contributed by atoms with Crippen LogP contribution in [0, 0.1) is 0 Å². The van der Waals surface area contributed by atoms with E-state index in [1.807, 2.05) is 0 Å². The fraction of sp³-hybridized carbons (Fsp3) is 0.273. The van der Waals surface area contributed by atoms with E-state index in [1.54, 1.807) is 54.5 Å². The predicted octanol–water partition coefficient (Wildman–Crippen LogP) is 5.07. The molecule has 0 saturated carbocycles. The van der Waals surface area contributed by atoms with E-state index in [-0.39, 0.29) is 28.3 Å². The number of morpholine rings is 1. The maximum absolute atomic E-state index is 13.1. The molecule has 1 unspecified atom stereocenters. The zero-order chi connectivity index (χ0) is 33.0. The van der Waals surface area contributed by atoms with Crippen molar-refractivity contribution >= 4 is 29.0 Å². The van der Waals surface area contributed by atoms with E-state index in [4.69, 9.17) is 4.74 Å². The van der Waals surface area contributed by atoms with Gasteiger partial charge in [-0.3, -0.25) is 14.4 Å². The number of aliphatic hydroxyl groups excluding tert-OH is 1. The number of carbonyl (C=O) groups excluding carboxylic acids is 2. The highest BCUT2D eigenvalue weighted by Crippen LogP contribution is 2.35. The number of anilines is 3. The molecule has 2 aromatic heterocycles. The molecule has 1 saturated heterocycles. The number of pyridine rings is 2. The summed E-state index contributed by atoms with van der Waals surface area (Å²) in [6.45, 7) is 2.55. The molecule has 1 aliphatic heterocycles. The highest BCUT2D eigenvalue weighted by molar-refractivity contribution is 6.05. The van der Waals surface area contributed by atoms with E-state index < -0.39 is 24.6 Å². The number of nitrogens with zero attached hydrogens (tertiary/aromatic N) is 3. The Balaban J connectivity index is 1.37. The molecule has 3 N–H and O–H groups in total. The van der Waals surface area contributed by atoms with E-state index in [2.05, 4.69) is 15.6 Å². The first kappa shape index (κ1) is 32.4. The van der Waals surface area contributed by atoms with Gasteiger partial charge in [0.1, 0.15) is 11.5 Å². The number of carbonyl (C=O) groups is 2. The SMILES string of the molecule is CC(c1ccc(C(=O)Nc2cccc(-c3cc(Nc4ccc(C(=O)N5CCOCC5)cn4)c(=O)n(C)c3)c2CO)cc1)C(F)(F)F. The van der Waals surface area contributed by atoms with Crippen LogP contribution in [-0.4, -0.2) is 63.9 Å². The van der Waals surface area contributed by atoms with Gasteiger partial charge in [-0.1, -0.05) is 24.3 Å². The summed E-state index contributed by atoms with van der Waals surface area (Å²) in [6.07, 6.45) is -1.37. The number of aryl methyl sites for hydroxylation is 1. The van der Waals surface area contributed by atoms with Crippen LogP contribution in [0.5, 0.6) is 0 Å². The summed E-state index contributed by atoms with van der Waals surface area (Å²) in [7, 11) is 1.57. The van der Waals surface area contributed by atoms with Gasteiger partial charge in [0, 0.05) is 54.9 Å². The van der Waals surface area contributed by atoms with Crippen LogP contribution < -0.4 is 16.2 Å². The predicted molar refractivity (Wildman–Crippen MR) is 166 cm³/mol. The molecular weight excluding hydrogens is 603 g/mol. The topological polar surface area (TPSA) is 126 Å². The molecule has 0 bridgehead atoms. The highest BCUT2D eigenvalue weighted by atomic mass is 19.4. The molecule has 13 heteroatoms. The Morgan fingerprint density at radius 3 is 2.35 bits per heavy atom. The lowest BCUT2D eigenvalue weighted by molar-refractivity contribution is -0.146. The number of benzene rings is 2. The fourth-order valence-electron chi connectivity index (χ4n) is 5.08. The van der Waals surface area contributed by atoms with Crippen molar-refractivity contribution in [1.29, 1.82) is 0 Å². The lowest BCUT2D eigenvalue weighted by Crippen LogP contribution is -2.40. The Morgan fingerprint density at radius 1 is 1.02 bits per heavy atom. The quantitative estimate of drug-likeness (QED) is 0.247. The van der Waals surface area contributed by atoms with Crippen molar-refractivity contribution in [1.82, 2.24) is 14.5 Å². The van der Waals surface area contributed by atoms with Gasteiger partial charge in [0.2, 0.25) is 0 Å². The molecule has 240 valence electrons. The second-order valence-electron chi connectivity index (χ2n) is 10.8. The molecule has 2 aromatic carbocycles. The lowest BCUT2D eigenvalue weighted by Gasteiger charge is -2.26. The molecular formula is C33H32F3N5O5. The number of alkyl halides is 3. The van der Waals surface area contributed by atoms with E-state index in [1.165, 1.54) is 35.0 Å². The lowest BCUT2D eigenvalue weighted by atomic mass is 9.98. The van der Waals surface area contributed by atoms with Gasteiger partial charge in [0.25, 0.3) is 17.4 Å². The summed E-state index contributed by atoms with van der Waals surface area (Å²) in [5, 5.41) is 16.1. The number of amides is 2. The van der Waals surface area contributed by atoms with Gasteiger partial charge in [-0.05, 0) is 54.4 Å². The third-order valence-electron chi connectivity index (χ3n) is 7.81. The number of nitrogens with one attached hydrogen (secondary N) is 2. The van der Waals surface area contributed by atoms with Gasteiger partial charge in [0.15, 0.2) is 0 Å². The number of halogens is 3. The van der Waals surface area contributed by atoms with Crippen LogP contribution in [0.1, 0.15) is 44.7 Å². The zero-order valence-electron chi connectivity index (χ0n) is 25.1. The number of hydrogen-bond acceptors (Lipinski definition) is 7. The fourth-order valence-corrected chi connectivity index (χ4v) is 5.08. The third kappa shape index (κ3) is 7.11. The van der Waals surface area contributed by atoms with Gasteiger partial charge in [0.05, 0.1) is 31.3 Å². The van der Waals surface area contributed by atoms with Crippen molar-refractivity contribution in [2.24, 2.45) is 7.05 Å². The number of aromatic nitrogens is 2. The van der Waals surface area contributed by atoms with Crippen molar-refractivity contribution in [2.75, 3.05) is 36.9 Å². The molecule has 0 radical (unpaired) electrons. The molecule has 2 amide bonds. The van der Waals surface area contributed by atoms with E-state index >= 15 is 0 Å². The summed E-state index contributed by atoms with van der Waals surface area (Å²) in [6, 6.07) is 15.0. The second kappa shape index (κ2) is 13.5. The average Bonchev–Trinajstić information content (AvgIpc) is 3.06. The second-order valence-corrected chi connectivity index (χ2v) is 10.8. The average molecular weight is 636 g/mol. The molecule has 0 aliphatic carbocycles. The summed E-state index contributed by atoms with van der Waals surface area (Å²) in [4.78, 5) is 44.8. The maximum atomic E-state index is 13.1. The Morgan fingerprint density at radius 2 is 1.72 bits per heavy atom. The first-order valence-corrected chi connectivity index (χ1v) is 14.5. The first-order chi connectivity index (χ1) is 22.0. The smallest absolute Gasteiger partial charge is 0.392 e. The Labute approximate surface area is 262 Å². The maximum Gasteiger partial charge on any atom is 0.395 e. The molecule has 1 aliphatic rings. The minimum absolute atomic E-state index is 0.0359. The van der Waals surface area contributed by atoms with Gasteiger partial charge in [-0.25, -0.2) is 4.98 Å². The zero-order valence-corrected chi connectivity index (χ0v) is 25.1. The number of rotatable bonds is 8. The Hall–Kier alpha value is -5.01. The van der Waals surface area contributed by atoms with Gasteiger partial charge >= 0.3 is 6.18 Å². The normalized spacial score (nSPS) is 14.1. The summed E-state index contributed by atoms with van der Waals surface area (Å²) in [5.41, 5.74) is 2.17. The monoisotopic (exact) mass is 635 g/mol. The van der Waals surface area contributed by atoms with Crippen molar-refractivity contribution in [3.63, 3.8) is 0 Å². The van der Waals surface area contributed by atoms with Gasteiger partial charge in [-0.2, -0.15) is 13.2 Å². The molecule has 3 heterocycles. The van der Waals surface area contributed by atoms with Crippen LogP contribution >= 0.6 is 0 Å². The van der Waals surface area contributed by atoms with E-state index in [9.17, 15) is 32.7 Å². The number of ether oxygens (including phenoxy) is 1. The summed E-state index contributed by atoms with van der Waals surface area (Å²) >= 11 is 0. The van der Waals surface area contributed by atoms with Crippen molar-refractivity contribution < 1.29 is 32.6 Å². The molecule has 5 rings (SSSR count). The van der Waals surface area contributed by atoms with E-state index in [0.717, 1.165) is 6.92 Å². The molecule has 46 heavy (non-hydrogen) atoms. The van der Waals surface area contributed by atoms with Crippen molar-refractivity contribution in [3.05, 3.63) is 106 Å². The molecule has 10 nitrogen and oxygen atoms in total. The van der Waals surface area contributed by atoms with E-state index in [0.29, 0.717) is 60.1 Å². The summed E-state index contributed by atoms with van der Waals surface area (Å²) < 4.78 is 45.9. The van der Waals surface area contributed by atoms with Gasteiger partial charge < -0.3 is 29.9 Å². The Bertz CT molecular complexity index is 1780. The van der Waals surface area contributed by atoms with Crippen LogP contribution in [0.15, 0.2) is 77.9 Å². The van der Waals surface area contributed by atoms with Crippen molar-refractivity contribution in [3.8, 4) is 11.1 Å². The first-order valence-electron chi connectivity index (χ1n) is 14.5. The minimum atomic E-state index is -4.40. The minimum Gasteiger partial charge on any atom is -0.392 e. The summed E-state index contributed by atoms with van der Waals surface area (Å²) in [5.74, 6) is -2.06. The van der Waals surface area contributed by atoms with Crippen LogP contribution in [0.25, 0.3) is 11.1 Å².